The zero-order valence-corrected chi connectivity index (χ0v) is 22.4. The summed E-state index contributed by atoms with van der Waals surface area (Å²) in [7, 11) is 0. The minimum atomic E-state index is 0.255. The third kappa shape index (κ3) is 19.3. The van der Waals surface area contributed by atoms with Crippen molar-refractivity contribution in [3.63, 3.8) is 0 Å². The van der Waals surface area contributed by atoms with Gasteiger partial charge in [-0.3, -0.25) is 0 Å². The highest BCUT2D eigenvalue weighted by atomic mass is 16.5. The van der Waals surface area contributed by atoms with Crippen molar-refractivity contribution in [1.29, 1.82) is 0 Å². The molecule has 0 fully saturated rings. The van der Waals surface area contributed by atoms with E-state index < -0.39 is 0 Å². The molecular formula is C30H48O7. The number of ether oxygens (including phenoxy) is 3. The zero-order chi connectivity index (χ0) is 26.8. The molecular weight excluding hydrogens is 472 g/mol. The van der Waals surface area contributed by atoms with Crippen molar-refractivity contribution in [2.75, 3.05) is 39.6 Å². The van der Waals surface area contributed by atoms with E-state index in [0.29, 0.717) is 6.61 Å². The van der Waals surface area contributed by atoms with Gasteiger partial charge in [0.1, 0.15) is 23.0 Å². The maximum absolute atomic E-state index is 9.05. The number of benzene rings is 2. The quantitative estimate of drug-likeness (QED) is 0.152. The second kappa shape index (κ2) is 23.9. The maximum atomic E-state index is 9.05. The summed E-state index contributed by atoms with van der Waals surface area (Å²) >= 11 is 0. The Balaban J connectivity index is 0.000000397. The summed E-state index contributed by atoms with van der Waals surface area (Å²) in [6.45, 7) is 2.97. The van der Waals surface area contributed by atoms with Gasteiger partial charge in [-0.2, -0.15) is 0 Å². The number of hydrogen-bond acceptors (Lipinski definition) is 7. The molecule has 2 aromatic rings. The molecule has 2 aromatic carbocycles. The largest absolute Gasteiger partial charge is 0.508 e. The molecule has 0 unspecified atom stereocenters. The SMILES string of the molecule is OCCCCCCOc1ccc(O)cc1.OCCCCCCOc1ccc(OCCCCCCO)cc1. The van der Waals surface area contributed by atoms with Crippen LogP contribution in [0.15, 0.2) is 48.5 Å². The van der Waals surface area contributed by atoms with Crippen LogP contribution in [0, 0.1) is 0 Å². The van der Waals surface area contributed by atoms with Crippen LogP contribution >= 0.6 is 0 Å². The summed E-state index contributed by atoms with van der Waals surface area (Å²) in [6, 6.07) is 14.5. The fourth-order valence-corrected chi connectivity index (χ4v) is 3.45. The molecule has 0 atom stereocenters. The van der Waals surface area contributed by atoms with Crippen LogP contribution in [-0.4, -0.2) is 60.1 Å². The zero-order valence-electron chi connectivity index (χ0n) is 22.4. The van der Waals surface area contributed by atoms with Gasteiger partial charge in [0.05, 0.1) is 19.8 Å². The van der Waals surface area contributed by atoms with Crippen molar-refractivity contribution in [2.45, 2.75) is 77.0 Å². The van der Waals surface area contributed by atoms with Gasteiger partial charge in [0.25, 0.3) is 0 Å². The fourth-order valence-electron chi connectivity index (χ4n) is 3.45. The van der Waals surface area contributed by atoms with E-state index in [0.717, 1.165) is 108 Å². The molecule has 0 spiro atoms. The number of aromatic hydroxyl groups is 1. The van der Waals surface area contributed by atoms with Crippen molar-refractivity contribution in [1.82, 2.24) is 0 Å². The van der Waals surface area contributed by atoms with Crippen molar-refractivity contribution in [2.24, 2.45) is 0 Å². The Kier molecular flexibility index (Phi) is 21.0. The normalized spacial score (nSPS) is 10.5. The Bertz CT molecular complexity index is 700. The first-order valence-corrected chi connectivity index (χ1v) is 13.8. The van der Waals surface area contributed by atoms with Gasteiger partial charge in [0.2, 0.25) is 0 Å². The van der Waals surface area contributed by atoms with E-state index in [1.807, 2.05) is 24.3 Å². The minimum Gasteiger partial charge on any atom is -0.508 e. The van der Waals surface area contributed by atoms with E-state index >= 15 is 0 Å². The molecule has 37 heavy (non-hydrogen) atoms. The number of unbranched alkanes of at least 4 members (excludes halogenated alkanes) is 9. The van der Waals surface area contributed by atoms with Gasteiger partial charge >= 0.3 is 0 Å². The lowest BCUT2D eigenvalue weighted by Gasteiger charge is -2.08. The Morgan fingerprint density at radius 2 is 0.649 bits per heavy atom. The van der Waals surface area contributed by atoms with Gasteiger partial charge in [0.15, 0.2) is 0 Å². The van der Waals surface area contributed by atoms with Crippen LogP contribution in [0.4, 0.5) is 0 Å². The molecule has 2 rings (SSSR count). The molecule has 0 aliphatic carbocycles. The summed E-state index contributed by atoms with van der Waals surface area (Å²) in [5.74, 6) is 2.79. The lowest BCUT2D eigenvalue weighted by atomic mass is 10.2. The predicted molar refractivity (Wildman–Crippen MR) is 148 cm³/mol. The minimum absolute atomic E-state index is 0.255. The number of hydrogen-bond donors (Lipinski definition) is 4. The first kappa shape index (κ1) is 32.5. The summed E-state index contributed by atoms with van der Waals surface area (Å²) in [4.78, 5) is 0. The molecule has 0 bridgehead atoms. The molecule has 0 saturated heterocycles. The van der Waals surface area contributed by atoms with Crippen LogP contribution < -0.4 is 14.2 Å². The van der Waals surface area contributed by atoms with Crippen LogP contribution in [0.25, 0.3) is 0 Å². The van der Waals surface area contributed by atoms with Gasteiger partial charge in [-0.15, -0.1) is 0 Å². The Morgan fingerprint density at radius 3 is 0.946 bits per heavy atom. The summed E-state index contributed by atoms with van der Waals surface area (Å²) in [5.41, 5.74) is 0. The highest BCUT2D eigenvalue weighted by Gasteiger charge is 1.98. The second-order valence-corrected chi connectivity index (χ2v) is 8.92. The van der Waals surface area contributed by atoms with E-state index in [1.165, 1.54) is 0 Å². The number of phenols is 1. The number of aliphatic hydroxyl groups is 3. The average Bonchev–Trinajstić information content (AvgIpc) is 2.92. The standard InChI is InChI=1S/C18H30O4.C12H18O3/c19-13-5-1-3-7-15-21-17-9-11-18(12-10-17)22-16-8-4-2-6-14-20;13-9-3-1-2-4-10-15-12-7-5-11(14)6-8-12/h9-12,19-20H,1-8,13-16H2;5-8,13-14H,1-4,9-10H2. The number of rotatable bonds is 21. The van der Waals surface area contributed by atoms with Crippen LogP contribution in [0.1, 0.15) is 77.0 Å². The van der Waals surface area contributed by atoms with E-state index in [2.05, 4.69) is 0 Å². The molecule has 0 heterocycles. The number of aliphatic hydroxyl groups excluding tert-OH is 3. The maximum Gasteiger partial charge on any atom is 0.119 e. The van der Waals surface area contributed by atoms with Crippen molar-refractivity contribution in [3.05, 3.63) is 48.5 Å². The molecule has 210 valence electrons. The summed E-state index contributed by atoms with van der Waals surface area (Å²) in [6.07, 6.45) is 12.1. The van der Waals surface area contributed by atoms with Crippen molar-refractivity contribution >= 4 is 0 Å². The van der Waals surface area contributed by atoms with E-state index in [-0.39, 0.29) is 25.6 Å². The molecule has 0 saturated carbocycles. The van der Waals surface area contributed by atoms with Crippen LogP contribution in [0.2, 0.25) is 0 Å². The van der Waals surface area contributed by atoms with E-state index in [4.69, 9.17) is 34.6 Å². The first-order valence-electron chi connectivity index (χ1n) is 13.8. The lowest BCUT2D eigenvalue weighted by molar-refractivity contribution is 0.271. The third-order valence-electron chi connectivity index (χ3n) is 5.62. The van der Waals surface area contributed by atoms with E-state index in [9.17, 15) is 0 Å². The number of phenolic OH excluding ortho intramolecular Hbond substituents is 1. The molecule has 7 nitrogen and oxygen atoms in total. The van der Waals surface area contributed by atoms with Crippen molar-refractivity contribution < 1.29 is 34.6 Å². The van der Waals surface area contributed by atoms with Gasteiger partial charge in [0, 0.05) is 19.8 Å². The van der Waals surface area contributed by atoms with Gasteiger partial charge < -0.3 is 34.6 Å². The Labute approximate surface area is 223 Å². The highest BCUT2D eigenvalue weighted by molar-refractivity contribution is 5.31. The van der Waals surface area contributed by atoms with Gasteiger partial charge in [-0.25, -0.2) is 0 Å². The van der Waals surface area contributed by atoms with Crippen LogP contribution in [0.5, 0.6) is 23.0 Å². The summed E-state index contributed by atoms with van der Waals surface area (Å²) < 4.78 is 16.8. The highest BCUT2D eigenvalue weighted by Crippen LogP contribution is 2.19. The Hall–Kier alpha value is -2.48. The van der Waals surface area contributed by atoms with Gasteiger partial charge in [-0.05, 0) is 106 Å². The van der Waals surface area contributed by atoms with Crippen molar-refractivity contribution in [3.8, 4) is 23.0 Å². The fraction of sp³-hybridized carbons (Fsp3) is 0.600. The smallest absolute Gasteiger partial charge is 0.119 e. The first-order chi connectivity index (χ1) is 18.2. The van der Waals surface area contributed by atoms with Gasteiger partial charge in [-0.1, -0.05) is 19.3 Å². The second-order valence-electron chi connectivity index (χ2n) is 8.92. The molecule has 0 aliphatic rings. The topological polar surface area (TPSA) is 109 Å². The predicted octanol–water partition coefficient (Wildman–Crippen LogP) is 5.87. The Morgan fingerprint density at radius 1 is 0.378 bits per heavy atom. The van der Waals surface area contributed by atoms with Crippen LogP contribution in [-0.2, 0) is 0 Å². The monoisotopic (exact) mass is 520 g/mol. The third-order valence-corrected chi connectivity index (χ3v) is 5.62. The molecule has 0 amide bonds. The molecule has 0 aromatic heterocycles. The average molecular weight is 521 g/mol. The lowest BCUT2D eigenvalue weighted by Crippen LogP contribution is -1.99. The molecule has 7 heteroatoms. The van der Waals surface area contributed by atoms with E-state index in [1.54, 1.807) is 24.3 Å². The molecule has 0 radical (unpaired) electrons. The van der Waals surface area contributed by atoms with Crippen LogP contribution in [0.3, 0.4) is 0 Å². The molecule has 4 N–H and O–H groups in total. The summed E-state index contributed by atoms with van der Waals surface area (Å²) in [5, 5.41) is 35.0. The molecule has 0 aliphatic heterocycles.